The number of allylic oxidation sites excluding steroid dienone is 1. The van der Waals surface area contributed by atoms with Crippen LogP contribution in [-0.4, -0.2) is 64.6 Å². The van der Waals surface area contributed by atoms with E-state index in [1.54, 1.807) is 0 Å². The first-order chi connectivity index (χ1) is 11.2. The third kappa shape index (κ3) is 8.78. The third-order valence-electron chi connectivity index (χ3n) is 2.71. The molecule has 0 aliphatic rings. The molecule has 0 bridgehead atoms. The van der Waals surface area contributed by atoms with E-state index >= 15 is 0 Å². The number of carboxylic acids is 2. The minimum Gasteiger partial charge on any atom is -0.480 e. The van der Waals surface area contributed by atoms with Gasteiger partial charge in [-0.15, -0.1) is 0 Å². The molecule has 11 heteroatoms. The minimum atomic E-state index is -1.27. The van der Waals surface area contributed by atoms with Crippen molar-refractivity contribution in [2.75, 3.05) is 12.3 Å². The van der Waals surface area contributed by atoms with E-state index in [4.69, 9.17) is 10.2 Å². The van der Waals surface area contributed by atoms with Gasteiger partial charge in [-0.2, -0.15) is 12.6 Å². The fourth-order valence-corrected chi connectivity index (χ4v) is 1.79. The highest BCUT2D eigenvalue weighted by Gasteiger charge is 2.22. The number of carbonyl (C=O) groups excluding carboxylic acids is 3. The number of aliphatic carboxylic acids is 2. The first-order valence-electron chi connectivity index (χ1n) is 6.74. The van der Waals surface area contributed by atoms with Crippen LogP contribution in [0.5, 0.6) is 0 Å². The first kappa shape index (κ1) is 21.4. The summed E-state index contributed by atoms with van der Waals surface area (Å²) >= 11 is 3.89. The van der Waals surface area contributed by atoms with Crippen LogP contribution in [0, 0.1) is 0 Å². The Hall–Kier alpha value is -2.56. The molecule has 0 aromatic rings. The van der Waals surface area contributed by atoms with Gasteiger partial charge in [-0.25, -0.2) is 4.79 Å². The molecule has 10 nitrogen and oxygen atoms in total. The Labute approximate surface area is 143 Å². The number of rotatable bonds is 12. The van der Waals surface area contributed by atoms with Gasteiger partial charge in [0.05, 0.1) is 5.70 Å². The van der Waals surface area contributed by atoms with Crippen molar-refractivity contribution in [2.45, 2.75) is 24.9 Å². The van der Waals surface area contributed by atoms with Crippen LogP contribution in [-0.2, 0) is 24.0 Å². The summed E-state index contributed by atoms with van der Waals surface area (Å²) in [5.74, 6) is -3.92. The summed E-state index contributed by atoms with van der Waals surface area (Å²) < 4.78 is 0. The molecule has 0 saturated carbocycles. The predicted octanol–water partition coefficient (Wildman–Crippen LogP) is -1.86. The maximum atomic E-state index is 11.8. The zero-order valence-electron chi connectivity index (χ0n) is 12.7. The highest BCUT2D eigenvalue weighted by Crippen LogP contribution is 2.01. The van der Waals surface area contributed by atoms with E-state index in [1.165, 1.54) is 0 Å². The normalized spacial score (nSPS) is 12.4. The summed E-state index contributed by atoms with van der Waals surface area (Å²) in [6, 6.07) is -2.25. The lowest BCUT2D eigenvalue weighted by Crippen LogP contribution is -2.49. The number of carboxylic acid groups (broad SMARTS) is 2. The van der Waals surface area contributed by atoms with E-state index in [1.807, 2.05) is 0 Å². The van der Waals surface area contributed by atoms with Crippen LogP contribution < -0.4 is 16.0 Å². The van der Waals surface area contributed by atoms with Crippen LogP contribution in [0.4, 0.5) is 0 Å². The average molecular weight is 361 g/mol. The van der Waals surface area contributed by atoms with Gasteiger partial charge in [0.1, 0.15) is 18.6 Å². The van der Waals surface area contributed by atoms with Crippen molar-refractivity contribution in [1.29, 1.82) is 0 Å². The van der Waals surface area contributed by atoms with Crippen molar-refractivity contribution in [3.63, 3.8) is 0 Å². The van der Waals surface area contributed by atoms with Gasteiger partial charge in [0.15, 0.2) is 6.29 Å². The maximum Gasteiger partial charge on any atom is 0.326 e. The van der Waals surface area contributed by atoms with Gasteiger partial charge in [0, 0.05) is 12.2 Å². The van der Waals surface area contributed by atoms with E-state index < -0.39 is 42.4 Å². The van der Waals surface area contributed by atoms with Crippen LogP contribution in [0.3, 0.4) is 0 Å². The Balaban J connectivity index is 4.49. The van der Waals surface area contributed by atoms with Crippen LogP contribution in [0.15, 0.2) is 12.3 Å². The van der Waals surface area contributed by atoms with E-state index in [2.05, 4.69) is 35.2 Å². The zero-order valence-corrected chi connectivity index (χ0v) is 13.5. The van der Waals surface area contributed by atoms with Gasteiger partial charge < -0.3 is 26.2 Å². The van der Waals surface area contributed by atoms with Crippen molar-refractivity contribution in [2.24, 2.45) is 0 Å². The van der Waals surface area contributed by atoms with Gasteiger partial charge in [0.25, 0.3) is 0 Å². The Morgan fingerprint density at radius 2 is 1.75 bits per heavy atom. The summed E-state index contributed by atoms with van der Waals surface area (Å²) in [6.07, 6.45) is -0.0453. The Morgan fingerprint density at radius 1 is 1.12 bits per heavy atom. The second-order valence-electron chi connectivity index (χ2n) is 4.63. The Morgan fingerprint density at radius 3 is 2.21 bits per heavy atom. The molecule has 0 unspecified atom stereocenters. The SMILES string of the molecule is C=C(C=O)N[C@@H](CCC(=O)N[C@@H](CS)C(=O)NCC(=O)O)C(=O)O. The quantitative estimate of drug-likeness (QED) is 0.134. The van der Waals surface area contributed by atoms with Crippen LogP contribution in [0.1, 0.15) is 12.8 Å². The van der Waals surface area contributed by atoms with Crippen LogP contribution >= 0.6 is 12.6 Å². The molecule has 0 aromatic carbocycles. The van der Waals surface area contributed by atoms with Crippen molar-refractivity contribution < 1.29 is 34.2 Å². The molecule has 0 rings (SSSR count). The fourth-order valence-electron chi connectivity index (χ4n) is 1.54. The van der Waals surface area contributed by atoms with E-state index in [9.17, 15) is 24.0 Å². The Bertz CT molecular complexity index is 524. The second-order valence-corrected chi connectivity index (χ2v) is 5.00. The Kier molecular flexibility index (Phi) is 9.87. The van der Waals surface area contributed by atoms with Crippen LogP contribution in [0.2, 0.25) is 0 Å². The topological polar surface area (TPSA) is 162 Å². The summed E-state index contributed by atoms with van der Waals surface area (Å²) in [4.78, 5) is 55.3. The fraction of sp³-hybridized carbons (Fsp3) is 0.462. The number of thiol groups is 1. The number of aldehydes is 1. The van der Waals surface area contributed by atoms with Gasteiger partial charge in [0.2, 0.25) is 11.8 Å². The highest BCUT2D eigenvalue weighted by molar-refractivity contribution is 7.80. The second kappa shape index (κ2) is 11.0. The molecule has 0 aliphatic heterocycles. The molecule has 0 aromatic heterocycles. The average Bonchev–Trinajstić information content (AvgIpc) is 2.53. The molecule has 0 radical (unpaired) electrons. The molecule has 2 atom stereocenters. The molecule has 5 N–H and O–H groups in total. The molecule has 0 fully saturated rings. The molecule has 0 saturated heterocycles. The van der Waals surface area contributed by atoms with Gasteiger partial charge in [-0.05, 0) is 6.42 Å². The smallest absolute Gasteiger partial charge is 0.326 e. The molecule has 2 amide bonds. The number of carbonyl (C=O) groups is 5. The zero-order chi connectivity index (χ0) is 18.7. The lowest BCUT2D eigenvalue weighted by Gasteiger charge is -2.17. The maximum absolute atomic E-state index is 11.8. The van der Waals surface area contributed by atoms with Crippen molar-refractivity contribution in [3.05, 3.63) is 12.3 Å². The number of amides is 2. The molecular weight excluding hydrogens is 342 g/mol. The molecular formula is C13H19N3O7S. The van der Waals surface area contributed by atoms with Gasteiger partial charge in [-0.1, -0.05) is 6.58 Å². The standard InChI is InChI=1S/C13H19N3O7S/c1-7(5-17)15-8(13(22)23)2-3-10(18)16-9(6-24)12(21)14-4-11(19)20/h5,8-9,15,24H,1-4,6H2,(H,14,21)(H,16,18)(H,19,20)(H,22,23)/t8-,9-/m0/s1. The summed E-state index contributed by atoms with van der Waals surface area (Å²) in [6.45, 7) is 2.69. The third-order valence-corrected chi connectivity index (χ3v) is 3.07. The monoisotopic (exact) mass is 361 g/mol. The van der Waals surface area contributed by atoms with E-state index in [0.717, 1.165) is 0 Å². The van der Waals surface area contributed by atoms with Crippen LogP contribution in [0.25, 0.3) is 0 Å². The molecule has 0 heterocycles. The lowest BCUT2D eigenvalue weighted by molar-refractivity contribution is -0.139. The molecule has 134 valence electrons. The van der Waals surface area contributed by atoms with E-state index in [0.29, 0.717) is 6.29 Å². The molecule has 0 spiro atoms. The first-order valence-corrected chi connectivity index (χ1v) is 7.37. The lowest BCUT2D eigenvalue weighted by atomic mass is 10.1. The summed E-state index contributed by atoms with van der Waals surface area (Å²) in [5, 5.41) is 24.2. The molecule has 0 aliphatic carbocycles. The summed E-state index contributed by atoms with van der Waals surface area (Å²) in [5.41, 5.74) is -0.135. The van der Waals surface area contributed by atoms with Gasteiger partial charge in [-0.3, -0.25) is 19.2 Å². The highest BCUT2D eigenvalue weighted by atomic mass is 32.1. The summed E-state index contributed by atoms with van der Waals surface area (Å²) in [7, 11) is 0. The predicted molar refractivity (Wildman–Crippen MR) is 85.4 cm³/mol. The van der Waals surface area contributed by atoms with Crippen molar-refractivity contribution in [1.82, 2.24) is 16.0 Å². The van der Waals surface area contributed by atoms with Gasteiger partial charge >= 0.3 is 11.9 Å². The van der Waals surface area contributed by atoms with Crippen molar-refractivity contribution in [3.8, 4) is 0 Å². The van der Waals surface area contributed by atoms with E-state index in [-0.39, 0.29) is 24.3 Å². The largest absolute Gasteiger partial charge is 0.480 e. The number of nitrogens with one attached hydrogen (secondary N) is 3. The number of hydrogen-bond acceptors (Lipinski definition) is 7. The number of hydrogen-bond donors (Lipinski definition) is 6. The minimum absolute atomic E-state index is 0.0697. The molecule has 24 heavy (non-hydrogen) atoms. The van der Waals surface area contributed by atoms with Crippen molar-refractivity contribution >= 4 is 42.7 Å².